The summed E-state index contributed by atoms with van der Waals surface area (Å²) in [6, 6.07) is 18.1. The number of benzene rings is 2. The van der Waals surface area contributed by atoms with Crippen molar-refractivity contribution in [3.05, 3.63) is 59.1 Å². The SMILES string of the molecule is CC(CN=C(N)Nc1ccccc1)Sc1ccc(Br)cc1. The van der Waals surface area contributed by atoms with E-state index in [0.717, 1.165) is 10.2 Å². The van der Waals surface area contributed by atoms with Crippen molar-refractivity contribution < 1.29 is 0 Å². The summed E-state index contributed by atoms with van der Waals surface area (Å²) < 4.78 is 1.09. The molecule has 1 unspecified atom stereocenters. The van der Waals surface area contributed by atoms with Gasteiger partial charge in [-0.1, -0.05) is 41.1 Å². The van der Waals surface area contributed by atoms with Gasteiger partial charge < -0.3 is 11.1 Å². The van der Waals surface area contributed by atoms with Crippen LogP contribution in [0.2, 0.25) is 0 Å². The summed E-state index contributed by atoms with van der Waals surface area (Å²) in [5.74, 6) is 0.449. The standard InChI is InChI=1S/C16H18BrN3S/c1-12(21-15-9-7-13(17)8-10-15)11-19-16(18)20-14-5-3-2-4-6-14/h2-10,12H,11H2,1H3,(H3,18,19,20). The number of guanidine groups is 1. The number of nitrogens with two attached hydrogens (primary N) is 1. The minimum atomic E-state index is 0.363. The molecule has 0 saturated heterocycles. The van der Waals surface area contributed by atoms with Gasteiger partial charge in [0.15, 0.2) is 5.96 Å². The summed E-state index contributed by atoms with van der Waals surface area (Å²) in [6.07, 6.45) is 0. The van der Waals surface area contributed by atoms with Crippen molar-refractivity contribution in [3.63, 3.8) is 0 Å². The lowest BCUT2D eigenvalue weighted by molar-refractivity contribution is 0.947. The molecule has 0 radical (unpaired) electrons. The smallest absolute Gasteiger partial charge is 0.193 e. The first kappa shape index (κ1) is 15.9. The second-order valence-electron chi connectivity index (χ2n) is 4.60. The highest BCUT2D eigenvalue weighted by Crippen LogP contribution is 2.24. The van der Waals surface area contributed by atoms with E-state index >= 15 is 0 Å². The maximum Gasteiger partial charge on any atom is 0.193 e. The summed E-state index contributed by atoms with van der Waals surface area (Å²) in [7, 11) is 0. The molecule has 0 heterocycles. The Morgan fingerprint density at radius 1 is 1.19 bits per heavy atom. The zero-order chi connectivity index (χ0) is 15.1. The van der Waals surface area contributed by atoms with Gasteiger partial charge in [-0.15, -0.1) is 11.8 Å². The number of aliphatic imine (C=N–C) groups is 1. The first-order chi connectivity index (χ1) is 10.1. The lowest BCUT2D eigenvalue weighted by Gasteiger charge is -2.10. The Balaban J connectivity index is 1.83. The van der Waals surface area contributed by atoms with Crippen LogP contribution in [0.4, 0.5) is 5.69 Å². The van der Waals surface area contributed by atoms with Gasteiger partial charge in [-0.3, -0.25) is 4.99 Å². The molecule has 0 aliphatic carbocycles. The second-order valence-corrected chi connectivity index (χ2v) is 7.03. The van der Waals surface area contributed by atoms with Gasteiger partial charge in [0, 0.05) is 20.3 Å². The third-order valence-electron chi connectivity index (χ3n) is 2.72. The highest BCUT2D eigenvalue weighted by atomic mass is 79.9. The Labute approximate surface area is 138 Å². The molecule has 2 rings (SSSR count). The fraction of sp³-hybridized carbons (Fsp3) is 0.188. The Kier molecular flexibility index (Phi) is 6.14. The van der Waals surface area contributed by atoms with Gasteiger partial charge in [-0.2, -0.15) is 0 Å². The van der Waals surface area contributed by atoms with Crippen LogP contribution in [0.5, 0.6) is 0 Å². The van der Waals surface area contributed by atoms with E-state index in [4.69, 9.17) is 5.73 Å². The molecule has 21 heavy (non-hydrogen) atoms. The van der Waals surface area contributed by atoms with Crippen LogP contribution in [0.15, 0.2) is 69.0 Å². The Morgan fingerprint density at radius 2 is 1.86 bits per heavy atom. The van der Waals surface area contributed by atoms with E-state index in [1.807, 2.05) is 42.5 Å². The molecule has 0 aliphatic heterocycles. The normalized spacial score (nSPS) is 13.0. The van der Waals surface area contributed by atoms with Crippen LogP contribution >= 0.6 is 27.7 Å². The molecule has 0 amide bonds. The highest BCUT2D eigenvalue weighted by molar-refractivity contribution is 9.10. The van der Waals surface area contributed by atoms with E-state index in [9.17, 15) is 0 Å². The third kappa shape index (κ3) is 5.81. The van der Waals surface area contributed by atoms with Gasteiger partial charge in [-0.05, 0) is 36.4 Å². The molecule has 0 aliphatic rings. The van der Waals surface area contributed by atoms with Crippen molar-refractivity contribution in [2.75, 3.05) is 11.9 Å². The molecule has 0 saturated carbocycles. The summed E-state index contributed by atoms with van der Waals surface area (Å²) in [5.41, 5.74) is 6.84. The molecule has 5 heteroatoms. The third-order valence-corrected chi connectivity index (χ3v) is 4.34. The van der Waals surface area contributed by atoms with Crippen LogP contribution < -0.4 is 11.1 Å². The van der Waals surface area contributed by atoms with E-state index in [1.165, 1.54) is 4.90 Å². The molecule has 2 aromatic carbocycles. The summed E-state index contributed by atoms with van der Waals surface area (Å²) >= 11 is 5.23. The van der Waals surface area contributed by atoms with Gasteiger partial charge in [0.25, 0.3) is 0 Å². The topological polar surface area (TPSA) is 50.4 Å². The fourth-order valence-electron chi connectivity index (χ4n) is 1.72. The van der Waals surface area contributed by atoms with E-state index < -0.39 is 0 Å². The fourth-order valence-corrected chi connectivity index (χ4v) is 2.89. The van der Waals surface area contributed by atoms with Gasteiger partial charge in [0.1, 0.15) is 0 Å². The van der Waals surface area contributed by atoms with Crippen LogP contribution in [0.25, 0.3) is 0 Å². The molecular weight excluding hydrogens is 346 g/mol. The van der Waals surface area contributed by atoms with Crippen LogP contribution in [0.1, 0.15) is 6.92 Å². The molecule has 0 aromatic heterocycles. The first-order valence-electron chi connectivity index (χ1n) is 6.67. The minimum absolute atomic E-state index is 0.363. The number of thioether (sulfide) groups is 1. The summed E-state index contributed by atoms with van der Waals surface area (Å²) in [5, 5.41) is 3.44. The Hall–Kier alpha value is -1.46. The van der Waals surface area contributed by atoms with Crippen molar-refractivity contribution >= 4 is 39.3 Å². The van der Waals surface area contributed by atoms with Crippen LogP contribution in [-0.2, 0) is 0 Å². The summed E-state index contributed by atoms with van der Waals surface area (Å²) in [4.78, 5) is 5.62. The highest BCUT2D eigenvalue weighted by Gasteiger charge is 2.04. The average molecular weight is 364 g/mol. The Morgan fingerprint density at radius 3 is 2.52 bits per heavy atom. The van der Waals surface area contributed by atoms with Crippen LogP contribution in [-0.4, -0.2) is 17.8 Å². The van der Waals surface area contributed by atoms with Crippen LogP contribution in [0.3, 0.4) is 0 Å². The quantitative estimate of drug-likeness (QED) is 0.471. The van der Waals surface area contributed by atoms with Gasteiger partial charge in [-0.25, -0.2) is 0 Å². The molecule has 3 nitrogen and oxygen atoms in total. The lowest BCUT2D eigenvalue weighted by Crippen LogP contribution is -2.23. The molecule has 1 atom stereocenters. The van der Waals surface area contributed by atoms with E-state index in [1.54, 1.807) is 11.8 Å². The maximum atomic E-state index is 5.89. The number of anilines is 1. The second kappa shape index (κ2) is 8.10. The molecule has 2 aromatic rings. The largest absolute Gasteiger partial charge is 0.370 e. The minimum Gasteiger partial charge on any atom is -0.370 e. The van der Waals surface area contributed by atoms with Gasteiger partial charge in [0.05, 0.1) is 6.54 Å². The van der Waals surface area contributed by atoms with Gasteiger partial charge >= 0.3 is 0 Å². The van der Waals surface area contributed by atoms with Crippen molar-refractivity contribution in [1.29, 1.82) is 0 Å². The molecule has 110 valence electrons. The average Bonchev–Trinajstić information content (AvgIpc) is 2.49. The zero-order valence-electron chi connectivity index (χ0n) is 11.8. The molecule has 0 spiro atoms. The van der Waals surface area contributed by atoms with E-state index in [-0.39, 0.29) is 0 Å². The van der Waals surface area contributed by atoms with Crippen molar-refractivity contribution in [1.82, 2.24) is 0 Å². The Bertz CT molecular complexity index is 584. The van der Waals surface area contributed by atoms with E-state index in [0.29, 0.717) is 17.8 Å². The summed E-state index contributed by atoms with van der Waals surface area (Å²) in [6.45, 7) is 2.82. The monoisotopic (exact) mass is 363 g/mol. The van der Waals surface area contributed by atoms with E-state index in [2.05, 4.69) is 45.3 Å². The number of nitrogens with one attached hydrogen (secondary N) is 1. The first-order valence-corrected chi connectivity index (χ1v) is 8.35. The molecule has 0 bridgehead atoms. The van der Waals surface area contributed by atoms with Crippen molar-refractivity contribution in [3.8, 4) is 0 Å². The van der Waals surface area contributed by atoms with Crippen molar-refractivity contribution in [2.45, 2.75) is 17.1 Å². The maximum absolute atomic E-state index is 5.89. The molecular formula is C16H18BrN3S. The number of halogens is 1. The number of rotatable bonds is 5. The van der Waals surface area contributed by atoms with Crippen molar-refractivity contribution in [2.24, 2.45) is 10.7 Å². The number of para-hydroxylation sites is 1. The van der Waals surface area contributed by atoms with Crippen LogP contribution in [0, 0.1) is 0 Å². The number of nitrogens with zero attached hydrogens (tertiary/aromatic N) is 1. The molecule has 0 fully saturated rings. The number of hydrogen-bond acceptors (Lipinski definition) is 2. The number of hydrogen-bond donors (Lipinski definition) is 2. The lowest BCUT2D eigenvalue weighted by atomic mass is 10.3. The predicted octanol–water partition coefficient (Wildman–Crippen LogP) is 4.36. The molecule has 3 N–H and O–H groups in total. The predicted molar refractivity (Wildman–Crippen MR) is 96.0 cm³/mol. The van der Waals surface area contributed by atoms with Gasteiger partial charge in [0.2, 0.25) is 0 Å². The zero-order valence-corrected chi connectivity index (χ0v) is 14.2.